The Kier molecular flexibility index (Phi) is 9.55. The number of aliphatic hydroxyl groups is 1. The molecule has 0 radical (unpaired) electrons. The Morgan fingerprint density at radius 1 is 0.979 bits per heavy atom. The lowest BCUT2D eigenvalue weighted by molar-refractivity contribution is -0.152. The first-order valence-electron chi connectivity index (χ1n) is 15.1. The Labute approximate surface area is 279 Å². The topological polar surface area (TPSA) is 167 Å². The van der Waals surface area contributed by atoms with Crippen LogP contribution in [0, 0.1) is 0 Å². The second-order valence-corrected chi connectivity index (χ2v) is 14.4. The maximum Gasteiger partial charge on any atom is 0.362 e. The summed E-state index contributed by atoms with van der Waals surface area (Å²) in [6.45, 7) is 3.30. The predicted molar refractivity (Wildman–Crippen MR) is 174 cm³/mol. The van der Waals surface area contributed by atoms with Gasteiger partial charge in [-0.05, 0) is 36.6 Å². The van der Waals surface area contributed by atoms with Gasteiger partial charge in [-0.3, -0.25) is 18.5 Å². The van der Waals surface area contributed by atoms with E-state index in [-0.39, 0.29) is 42.8 Å². The Morgan fingerprint density at radius 2 is 1.58 bits per heavy atom. The van der Waals surface area contributed by atoms with Crippen molar-refractivity contribution in [1.82, 2.24) is 33.7 Å². The molecule has 0 amide bonds. The van der Waals surface area contributed by atoms with Gasteiger partial charge in [0.1, 0.15) is 17.9 Å². The average molecular weight is 700 g/mol. The van der Waals surface area contributed by atoms with E-state index in [0.29, 0.717) is 5.69 Å². The Bertz CT molecular complexity index is 2030. The number of benzene rings is 2. The number of nitrogens with zero attached hydrogens (tertiary/aromatic N) is 7. The number of hydrogen-bond acceptors (Lipinski definition) is 11. The predicted octanol–water partition coefficient (Wildman–Crippen LogP) is 3.19. The zero-order valence-electron chi connectivity index (χ0n) is 26.7. The molecule has 48 heavy (non-hydrogen) atoms. The van der Waals surface area contributed by atoms with Crippen LogP contribution in [0.5, 0.6) is 0 Å². The lowest BCUT2D eigenvalue weighted by Gasteiger charge is -2.29. The van der Waals surface area contributed by atoms with Crippen LogP contribution >= 0.6 is 19.2 Å². The second-order valence-electron chi connectivity index (χ2n) is 11.9. The van der Waals surface area contributed by atoms with Crippen LogP contribution in [-0.2, 0) is 63.5 Å². The maximum atomic E-state index is 14.3. The van der Waals surface area contributed by atoms with Crippen LogP contribution in [0.2, 0.25) is 5.28 Å². The molecule has 0 aliphatic carbocycles. The molecule has 3 atom stereocenters. The largest absolute Gasteiger partial charge is 0.378 e. The van der Waals surface area contributed by atoms with Gasteiger partial charge in [0.2, 0.25) is 5.28 Å². The molecule has 1 fully saturated rings. The van der Waals surface area contributed by atoms with Crippen LogP contribution in [0.4, 0.5) is 0 Å². The monoisotopic (exact) mass is 699 g/mol. The highest BCUT2D eigenvalue weighted by atomic mass is 35.5. The van der Waals surface area contributed by atoms with Crippen molar-refractivity contribution in [2.75, 3.05) is 0 Å². The van der Waals surface area contributed by atoms with Gasteiger partial charge in [-0.25, -0.2) is 9.48 Å². The van der Waals surface area contributed by atoms with E-state index in [0.717, 1.165) is 15.7 Å². The number of aryl methyl sites for hydroxylation is 1. The van der Waals surface area contributed by atoms with Gasteiger partial charge in [-0.15, -0.1) is 5.10 Å². The molecule has 1 saturated heterocycles. The second kappa shape index (κ2) is 13.5. The van der Waals surface area contributed by atoms with E-state index in [4.69, 9.17) is 30.1 Å². The molecule has 0 spiro atoms. The van der Waals surface area contributed by atoms with Crippen molar-refractivity contribution in [2.24, 2.45) is 14.1 Å². The molecule has 0 bridgehead atoms. The zero-order valence-corrected chi connectivity index (χ0v) is 28.3. The van der Waals surface area contributed by atoms with Gasteiger partial charge in [0.25, 0.3) is 5.56 Å². The summed E-state index contributed by atoms with van der Waals surface area (Å²) in [5.74, 6) is -2.87. The van der Waals surface area contributed by atoms with Crippen LogP contribution in [0.3, 0.4) is 0 Å². The van der Waals surface area contributed by atoms with E-state index >= 15 is 0 Å². The van der Waals surface area contributed by atoms with Crippen molar-refractivity contribution in [1.29, 1.82) is 0 Å². The molecular formula is C31H35ClN7O8P. The summed E-state index contributed by atoms with van der Waals surface area (Å²) in [7, 11) is -1.37. The molecule has 0 unspecified atom stereocenters. The van der Waals surface area contributed by atoms with E-state index in [9.17, 15) is 19.3 Å². The first kappa shape index (κ1) is 33.9. The van der Waals surface area contributed by atoms with Crippen molar-refractivity contribution >= 4 is 30.4 Å². The summed E-state index contributed by atoms with van der Waals surface area (Å²) in [4.78, 5) is 29.5. The summed E-state index contributed by atoms with van der Waals surface area (Å²) in [6.07, 6.45) is -0.371. The molecule has 254 valence electrons. The molecule has 2 aromatic carbocycles. The fraction of sp³-hybridized carbons (Fsp3) is 0.387. The summed E-state index contributed by atoms with van der Waals surface area (Å²) in [5.41, 5.74) is 1.11. The van der Waals surface area contributed by atoms with E-state index in [1.807, 2.05) is 60.7 Å². The van der Waals surface area contributed by atoms with Gasteiger partial charge >= 0.3 is 13.3 Å². The lowest BCUT2D eigenvalue weighted by atomic mass is 10.2. The number of imidazole rings is 1. The minimum Gasteiger partial charge on any atom is -0.378 e. The molecular weight excluding hydrogens is 665 g/mol. The molecule has 17 heteroatoms. The van der Waals surface area contributed by atoms with Crippen molar-refractivity contribution in [3.8, 4) is 0 Å². The number of fused-ring (bicyclic) bond motifs is 1. The summed E-state index contributed by atoms with van der Waals surface area (Å²) < 4.78 is 43.4. The van der Waals surface area contributed by atoms with Crippen LogP contribution in [-0.4, -0.2) is 62.6 Å². The molecule has 6 rings (SSSR count). The summed E-state index contributed by atoms with van der Waals surface area (Å²) in [6, 6.07) is 18.3. The van der Waals surface area contributed by atoms with Crippen LogP contribution in [0.15, 0.2) is 76.4 Å². The highest BCUT2D eigenvalue weighted by Crippen LogP contribution is 2.56. The van der Waals surface area contributed by atoms with Crippen LogP contribution in [0.1, 0.15) is 30.7 Å². The van der Waals surface area contributed by atoms with Gasteiger partial charge in [-0.2, -0.15) is 4.98 Å². The molecule has 15 nitrogen and oxygen atoms in total. The minimum atomic E-state index is -4.24. The summed E-state index contributed by atoms with van der Waals surface area (Å²) >= 11 is 6.39. The first-order chi connectivity index (χ1) is 22.8. The van der Waals surface area contributed by atoms with Gasteiger partial charge in [0.05, 0.1) is 32.5 Å². The molecule has 1 aliphatic rings. The van der Waals surface area contributed by atoms with Crippen molar-refractivity contribution in [2.45, 2.75) is 64.0 Å². The number of hydrogen-bond donors (Lipinski definition) is 1. The number of aromatic nitrogens is 7. The molecule has 0 saturated carbocycles. The fourth-order valence-electron chi connectivity index (χ4n) is 5.52. The molecule has 4 heterocycles. The molecule has 5 aromatic rings. The fourth-order valence-corrected chi connectivity index (χ4v) is 7.39. The number of halogens is 1. The third kappa shape index (κ3) is 6.94. The third-order valence-corrected chi connectivity index (χ3v) is 10.1. The van der Waals surface area contributed by atoms with E-state index in [1.165, 1.54) is 27.9 Å². The third-order valence-electron chi connectivity index (χ3n) is 7.92. The lowest BCUT2D eigenvalue weighted by Crippen LogP contribution is -2.38. The van der Waals surface area contributed by atoms with Crippen molar-refractivity contribution in [3.63, 3.8) is 0 Å². The van der Waals surface area contributed by atoms with Gasteiger partial charge in [-0.1, -0.05) is 65.9 Å². The number of rotatable bonds is 12. The zero-order chi connectivity index (χ0) is 34.2. The van der Waals surface area contributed by atoms with E-state index in [2.05, 4.69) is 15.3 Å². The molecule has 1 N–H and O–H groups in total. The number of ether oxygens (including phenoxy) is 2. The van der Waals surface area contributed by atoms with Gasteiger partial charge < -0.3 is 28.2 Å². The smallest absolute Gasteiger partial charge is 0.362 e. The Hall–Kier alpha value is -3.95. The van der Waals surface area contributed by atoms with Crippen LogP contribution < -0.4 is 11.2 Å². The summed E-state index contributed by atoms with van der Waals surface area (Å²) in [5, 5.41) is 20.1. The highest BCUT2D eigenvalue weighted by molar-refractivity contribution is 7.54. The van der Waals surface area contributed by atoms with Crippen LogP contribution in [0.25, 0.3) is 11.2 Å². The Balaban J connectivity index is 1.23. The maximum absolute atomic E-state index is 14.3. The van der Waals surface area contributed by atoms with E-state index in [1.54, 1.807) is 20.0 Å². The number of aliphatic hydroxyl groups excluding tert-OH is 1. The Morgan fingerprint density at radius 3 is 2.19 bits per heavy atom. The van der Waals surface area contributed by atoms with Gasteiger partial charge in [0.15, 0.2) is 22.8 Å². The van der Waals surface area contributed by atoms with Crippen molar-refractivity contribution < 1.29 is 28.2 Å². The molecule has 1 aliphatic heterocycles. The van der Waals surface area contributed by atoms with Crippen molar-refractivity contribution in [3.05, 3.63) is 110 Å². The quantitative estimate of drug-likeness (QED) is 0.150. The highest BCUT2D eigenvalue weighted by Gasteiger charge is 2.52. The first-order valence-corrected chi connectivity index (χ1v) is 17.1. The normalized spacial score (nSPS) is 18.5. The minimum absolute atomic E-state index is 0.00271. The SMILES string of the molecule is Cn1c(=O)c2c(nc(Cl)n2Cc2cn(C[C@H]3OC(C)(C)O[C@H]3[C@@H](O)P(=O)(OCc3ccccc3)OCc3ccccc3)nn2)n(C)c1=O. The standard InChI is InChI=1S/C31H35ClN7O8P/c1-31(2)46-23(17-38-15-22(34-35-38)16-39-24-26(33-29(39)32)36(3)30(42)37(4)27(24)40)25(47-31)28(41)48(43,44-18-20-11-7-5-8-12-20)45-19-21-13-9-6-10-14-21/h5-15,23,25,28,41H,16-19H2,1-4H3/t23-,25-,28+/m1/s1. The average Bonchev–Trinajstić information content (AvgIpc) is 3.76. The molecule has 3 aromatic heterocycles. The van der Waals surface area contributed by atoms with E-state index < -0.39 is 42.7 Å². The van der Waals surface area contributed by atoms with Gasteiger partial charge in [0, 0.05) is 14.1 Å².